The van der Waals surface area contributed by atoms with Crippen LogP contribution in [0.3, 0.4) is 0 Å². The summed E-state index contributed by atoms with van der Waals surface area (Å²) in [5, 5.41) is 2.84. The van der Waals surface area contributed by atoms with Crippen molar-refractivity contribution in [3.63, 3.8) is 0 Å². The van der Waals surface area contributed by atoms with Gasteiger partial charge in [-0.15, -0.1) is 0 Å². The number of rotatable bonds is 11. The van der Waals surface area contributed by atoms with Gasteiger partial charge in [-0.1, -0.05) is 70.9 Å². The van der Waals surface area contributed by atoms with Crippen LogP contribution in [-0.4, -0.2) is 44.3 Å². The van der Waals surface area contributed by atoms with E-state index >= 15 is 0 Å². The lowest BCUT2D eigenvalue weighted by atomic mass is 10.1. The van der Waals surface area contributed by atoms with Gasteiger partial charge in [-0.25, -0.2) is 8.42 Å². The summed E-state index contributed by atoms with van der Waals surface area (Å²) >= 11 is 3.41. The zero-order valence-corrected chi connectivity index (χ0v) is 23.6. The maximum atomic E-state index is 13.8. The molecule has 0 aromatic heterocycles. The molecule has 9 heteroatoms. The van der Waals surface area contributed by atoms with E-state index in [1.807, 2.05) is 38.1 Å². The lowest BCUT2D eigenvalue weighted by Crippen LogP contribution is -2.51. The minimum Gasteiger partial charge on any atom is -0.354 e. The van der Waals surface area contributed by atoms with Crippen molar-refractivity contribution in [2.24, 2.45) is 0 Å². The molecule has 0 bridgehead atoms. The number of sulfonamides is 1. The largest absolute Gasteiger partial charge is 0.354 e. The van der Waals surface area contributed by atoms with Crippen molar-refractivity contribution in [1.29, 1.82) is 0 Å². The SMILES string of the molecule is CCCNC(=O)[C@@H](C)N(Cc1ccc(Br)cc1)C(=O)CN(c1ccccc1)S(=O)(=O)c1ccc(C)cc1. The number of nitrogens with one attached hydrogen (secondary N) is 1. The van der Waals surface area contributed by atoms with E-state index in [2.05, 4.69) is 21.2 Å². The minimum absolute atomic E-state index is 0.0861. The zero-order chi connectivity index (χ0) is 27.0. The van der Waals surface area contributed by atoms with Crippen LogP contribution < -0.4 is 9.62 Å². The van der Waals surface area contributed by atoms with Crippen LogP contribution in [0.25, 0.3) is 0 Å². The van der Waals surface area contributed by atoms with Gasteiger partial charge in [0, 0.05) is 17.6 Å². The number of amides is 2. The number of nitrogens with zero attached hydrogens (tertiary/aromatic N) is 2. The summed E-state index contributed by atoms with van der Waals surface area (Å²) in [6.45, 7) is 5.66. The van der Waals surface area contributed by atoms with Crippen molar-refractivity contribution >= 4 is 43.5 Å². The normalized spacial score (nSPS) is 12.0. The lowest BCUT2D eigenvalue weighted by Gasteiger charge is -2.32. The van der Waals surface area contributed by atoms with Crippen molar-refractivity contribution in [3.8, 4) is 0 Å². The highest BCUT2D eigenvalue weighted by molar-refractivity contribution is 9.10. The Bertz CT molecular complexity index is 1300. The van der Waals surface area contributed by atoms with E-state index < -0.39 is 28.5 Å². The highest BCUT2D eigenvalue weighted by Gasteiger charge is 2.32. The second kappa shape index (κ2) is 12.9. The van der Waals surface area contributed by atoms with Gasteiger partial charge in [-0.3, -0.25) is 13.9 Å². The molecule has 0 aliphatic heterocycles. The Labute approximate surface area is 227 Å². The molecule has 0 fully saturated rings. The molecule has 1 N–H and O–H groups in total. The predicted octanol–water partition coefficient (Wildman–Crippen LogP) is 4.90. The molecule has 0 saturated carbocycles. The number of hydrogen-bond acceptors (Lipinski definition) is 4. The van der Waals surface area contributed by atoms with E-state index in [0.717, 1.165) is 26.3 Å². The number of carbonyl (C=O) groups is 2. The molecule has 0 unspecified atom stereocenters. The van der Waals surface area contributed by atoms with Crippen molar-refractivity contribution in [3.05, 3.63) is 94.5 Å². The standard InChI is InChI=1S/C28H32BrN3O4S/c1-4-18-30-28(34)22(3)31(19-23-12-14-24(29)15-13-23)27(33)20-32(25-8-6-5-7-9-25)37(35,36)26-16-10-21(2)11-17-26/h5-17,22H,4,18-20H2,1-3H3,(H,30,34)/t22-/m1/s1. The van der Waals surface area contributed by atoms with Gasteiger partial charge in [0.1, 0.15) is 12.6 Å². The first-order valence-corrected chi connectivity index (χ1v) is 14.3. The summed E-state index contributed by atoms with van der Waals surface area (Å²) in [6.07, 6.45) is 0.760. The monoisotopic (exact) mass is 585 g/mol. The van der Waals surface area contributed by atoms with Crippen LogP contribution in [0.1, 0.15) is 31.4 Å². The summed E-state index contributed by atoms with van der Waals surface area (Å²) in [5.74, 6) is -0.776. The van der Waals surface area contributed by atoms with Crippen LogP contribution in [0.2, 0.25) is 0 Å². The fraction of sp³-hybridized carbons (Fsp3) is 0.286. The predicted molar refractivity (Wildman–Crippen MR) is 150 cm³/mol. The molecule has 1 atom stereocenters. The Morgan fingerprint density at radius 1 is 0.946 bits per heavy atom. The molecule has 0 heterocycles. The van der Waals surface area contributed by atoms with Gasteiger partial charge in [0.25, 0.3) is 10.0 Å². The van der Waals surface area contributed by atoms with Gasteiger partial charge in [0.2, 0.25) is 11.8 Å². The van der Waals surface area contributed by atoms with Crippen LogP contribution in [0.4, 0.5) is 5.69 Å². The molecule has 3 aromatic rings. The number of aryl methyl sites for hydroxylation is 1. The van der Waals surface area contributed by atoms with Crippen molar-refractivity contribution < 1.29 is 18.0 Å². The van der Waals surface area contributed by atoms with Crippen LogP contribution in [0.5, 0.6) is 0 Å². The van der Waals surface area contributed by atoms with Crippen LogP contribution in [0, 0.1) is 6.92 Å². The van der Waals surface area contributed by atoms with Gasteiger partial charge in [0.15, 0.2) is 0 Å². The molecule has 2 amide bonds. The first-order valence-electron chi connectivity index (χ1n) is 12.1. The quantitative estimate of drug-likeness (QED) is 0.347. The molecule has 0 radical (unpaired) electrons. The average molecular weight is 587 g/mol. The van der Waals surface area contributed by atoms with Crippen molar-refractivity contribution in [2.75, 3.05) is 17.4 Å². The maximum Gasteiger partial charge on any atom is 0.264 e. The summed E-state index contributed by atoms with van der Waals surface area (Å²) in [5.41, 5.74) is 2.11. The van der Waals surface area contributed by atoms with Crippen LogP contribution in [0.15, 0.2) is 88.2 Å². The van der Waals surface area contributed by atoms with E-state index in [9.17, 15) is 18.0 Å². The number of para-hydroxylation sites is 1. The van der Waals surface area contributed by atoms with Gasteiger partial charge in [-0.2, -0.15) is 0 Å². The molecule has 3 rings (SSSR count). The molecule has 0 aliphatic rings. The maximum absolute atomic E-state index is 13.8. The molecular formula is C28H32BrN3O4S. The smallest absolute Gasteiger partial charge is 0.264 e. The average Bonchev–Trinajstić information content (AvgIpc) is 2.90. The topological polar surface area (TPSA) is 86.8 Å². The Balaban J connectivity index is 1.98. The van der Waals surface area contributed by atoms with Gasteiger partial charge < -0.3 is 10.2 Å². The molecule has 0 aliphatic carbocycles. The fourth-order valence-corrected chi connectivity index (χ4v) is 5.40. The van der Waals surface area contributed by atoms with Crippen molar-refractivity contribution in [1.82, 2.24) is 10.2 Å². The Hall–Kier alpha value is -3.17. The van der Waals surface area contributed by atoms with Crippen LogP contribution >= 0.6 is 15.9 Å². The van der Waals surface area contributed by atoms with E-state index in [0.29, 0.717) is 12.2 Å². The first-order chi connectivity index (χ1) is 17.6. The van der Waals surface area contributed by atoms with E-state index in [1.54, 1.807) is 49.4 Å². The summed E-state index contributed by atoms with van der Waals surface area (Å²) in [4.78, 5) is 28.1. The summed E-state index contributed by atoms with van der Waals surface area (Å²) < 4.78 is 29.4. The second-order valence-corrected chi connectivity index (χ2v) is 11.6. The molecule has 3 aromatic carbocycles. The molecule has 7 nitrogen and oxygen atoms in total. The van der Waals surface area contributed by atoms with E-state index in [-0.39, 0.29) is 17.3 Å². The lowest BCUT2D eigenvalue weighted by molar-refractivity contribution is -0.139. The molecule has 0 saturated heterocycles. The Morgan fingerprint density at radius 3 is 2.16 bits per heavy atom. The number of hydrogen-bond donors (Lipinski definition) is 1. The molecule has 196 valence electrons. The van der Waals surface area contributed by atoms with E-state index in [1.165, 1.54) is 17.0 Å². The third kappa shape index (κ3) is 7.42. The zero-order valence-electron chi connectivity index (χ0n) is 21.2. The number of benzene rings is 3. The van der Waals surface area contributed by atoms with Crippen molar-refractivity contribution in [2.45, 2.75) is 44.7 Å². The van der Waals surface area contributed by atoms with Gasteiger partial charge in [0.05, 0.1) is 10.6 Å². The third-order valence-electron chi connectivity index (χ3n) is 5.91. The number of carbonyl (C=O) groups excluding carboxylic acids is 2. The Morgan fingerprint density at radius 2 is 1.57 bits per heavy atom. The number of anilines is 1. The molecule has 37 heavy (non-hydrogen) atoms. The Kier molecular flexibility index (Phi) is 9.88. The molecule has 0 spiro atoms. The van der Waals surface area contributed by atoms with Gasteiger partial charge >= 0.3 is 0 Å². The highest BCUT2D eigenvalue weighted by atomic mass is 79.9. The molecular weight excluding hydrogens is 554 g/mol. The highest BCUT2D eigenvalue weighted by Crippen LogP contribution is 2.25. The van der Waals surface area contributed by atoms with Gasteiger partial charge in [-0.05, 0) is 62.2 Å². The number of halogens is 1. The minimum atomic E-state index is -4.06. The third-order valence-corrected chi connectivity index (χ3v) is 8.23. The first kappa shape index (κ1) is 28.4. The van der Waals surface area contributed by atoms with Crippen LogP contribution in [-0.2, 0) is 26.2 Å². The van der Waals surface area contributed by atoms with E-state index in [4.69, 9.17) is 0 Å². The summed E-state index contributed by atoms with van der Waals surface area (Å²) in [6, 6.07) is 21.7. The second-order valence-electron chi connectivity index (χ2n) is 8.78. The summed E-state index contributed by atoms with van der Waals surface area (Å²) in [7, 11) is -4.06. The fourth-order valence-electron chi connectivity index (χ4n) is 3.73.